The summed E-state index contributed by atoms with van der Waals surface area (Å²) >= 11 is 0. The third-order valence-electron chi connectivity index (χ3n) is 1.44. The molecule has 0 aromatic rings. The zero-order valence-corrected chi connectivity index (χ0v) is 7.41. The van der Waals surface area contributed by atoms with Crippen LogP contribution >= 0.6 is 0 Å². The van der Waals surface area contributed by atoms with Crippen molar-refractivity contribution in [1.82, 2.24) is 10.6 Å². The molecule has 0 fully saturated rings. The van der Waals surface area contributed by atoms with E-state index in [9.17, 15) is 9.59 Å². The topological polar surface area (TPSA) is 98.7 Å². The molecule has 0 saturated heterocycles. The molecular weight excluding hydrogens is 176 g/mol. The van der Waals surface area contributed by atoms with Gasteiger partial charge in [0, 0.05) is 13.1 Å². The fourth-order valence-electron chi connectivity index (χ4n) is 0.793. The van der Waals surface area contributed by atoms with E-state index in [1.165, 1.54) is 0 Å². The Morgan fingerprint density at radius 2 is 1.92 bits per heavy atom. The fourth-order valence-corrected chi connectivity index (χ4v) is 0.793. The van der Waals surface area contributed by atoms with Crippen molar-refractivity contribution >= 4 is 11.9 Å². The molecule has 0 saturated carbocycles. The smallest absolute Gasteiger partial charge is 0.321 e. The van der Waals surface area contributed by atoms with Gasteiger partial charge >= 0.3 is 11.9 Å². The van der Waals surface area contributed by atoms with Gasteiger partial charge in [-0.15, -0.1) is 0 Å². The van der Waals surface area contributed by atoms with Crippen LogP contribution in [-0.2, 0) is 9.59 Å². The van der Waals surface area contributed by atoms with Crippen LogP contribution in [0.25, 0.3) is 0 Å². The van der Waals surface area contributed by atoms with E-state index < -0.39 is 24.4 Å². The molecule has 0 aromatic carbocycles. The molecule has 0 rings (SSSR count). The van der Waals surface area contributed by atoms with E-state index in [-0.39, 0.29) is 0 Å². The van der Waals surface area contributed by atoms with Gasteiger partial charge in [-0.1, -0.05) is 0 Å². The minimum atomic E-state index is -1.14. The van der Waals surface area contributed by atoms with Crippen molar-refractivity contribution in [2.24, 2.45) is 0 Å². The van der Waals surface area contributed by atoms with Crippen molar-refractivity contribution < 1.29 is 19.8 Å². The number of carboxylic acids is 2. The molecule has 0 heterocycles. The molecule has 1 unspecified atom stereocenters. The highest BCUT2D eigenvalue weighted by atomic mass is 16.4. The molecule has 0 amide bonds. The first-order valence-corrected chi connectivity index (χ1v) is 3.90. The summed E-state index contributed by atoms with van der Waals surface area (Å²) in [6.07, 6.45) is -0.404. The molecule has 0 aliphatic rings. The first-order valence-electron chi connectivity index (χ1n) is 3.90. The highest BCUT2D eigenvalue weighted by Crippen LogP contribution is 1.91. The second-order valence-electron chi connectivity index (χ2n) is 2.55. The Hall–Kier alpha value is -1.14. The number of likely N-dealkylation sites (N-methyl/N-ethyl adjacent to an activating group) is 1. The second-order valence-corrected chi connectivity index (χ2v) is 2.55. The Labute approximate surface area is 75.9 Å². The zero-order chi connectivity index (χ0) is 10.3. The van der Waals surface area contributed by atoms with Crippen LogP contribution in [0.15, 0.2) is 0 Å². The van der Waals surface area contributed by atoms with Crippen LogP contribution in [-0.4, -0.2) is 48.3 Å². The van der Waals surface area contributed by atoms with Gasteiger partial charge in [0.1, 0.15) is 6.04 Å². The normalized spacial score (nSPS) is 12.4. The van der Waals surface area contributed by atoms with Gasteiger partial charge in [-0.25, -0.2) is 0 Å². The maximum absolute atomic E-state index is 10.5. The van der Waals surface area contributed by atoms with Crippen molar-refractivity contribution in [3.05, 3.63) is 0 Å². The van der Waals surface area contributed by atoms with Gasteiger partial charge in [0.05, 0.1) is 6.42 Å². The van der Waals surface area contributed by atoms with Crippen LogP contribution in [0.3, 0.4) is 0 Å². The van der Waals surface area contributed by atoms with Gasteiger partial charge in [-0.05, 0) is 7.05 Å². The van der Waals surface area contributed by atoms with E-state index in [2.05, 4.69) is 10.6 Å². The fraction of sp³-hybridized carbons (Fsp3) is 0.714. The van der Waals surface area contributed by atoms with Crippen molar-refractivity contribution in [2.45, 2.75) is 12.5 Å². The van der Waals surface area contributed by atoms with Crippen molar-refractivity contribution in [2.75, 3.05) is 20.1 Å². The Bertz CT molecular complexity index is 183. The standard InChI is InChI=1S/C7H14N2O4/c1-8-2-3-9-5(7(12)13)4-6(10)11/h5,8-9H,2-4H2,1H3,(H,10,11)(H,12,13). The first-order chi connectivity index (χ1) is 6.07. The number of hydrogen-bond donors (Lipinski definition) is 4. The van der Waals surface area contributed by atoms with Crippen LogP contribution in [0.2, 0.25) is 0 Å². The van der Waals surface area contributed by atoms with Gasteiger partial charge in [-0.3, -0.25) is 9.59 Å². The lowest BCUT2D eigenvalue weighted by Gasteiger charge is -2.11. The van der Waals surface area contributed by atoms with Crippen LogP contribution in [0.5, 0.6) is 0 Å². The molecule has 0 aliphatic heterocycles. The lowest BCUT2D eigenvalue weighted by atomic mass is 10.2. The summed E-state index contributed by atoms with van der Waals surface area (Å²) in [7, 11) is 1.73. The lowest BCUT2D eigenvalue weighted by molar-refractivity contribution is -0.145. The van der Waals surface area contributed by atoms with Crippen LogP contribution in [0, 0.1) is 0 Å². The maximum Gasteiger partial charge on any atom is 0.321 e. The molecule has 0 bridgehead atoms. The quantitative estimate of drug-likeness (QED) is 0.373. The van der Waals surface area contributed by atoms with E-state index >= 15 is 0 Å². The Kier molecular flexibility index (Phi) is 5.82. The van der Waals surface area contributed by atoms with Crippen LogP contribution in [0.1, 0.15) is 6.42 Å². The molecule has 1 atom stereocenters. The van der Waals surface area contributed by atoms with Crippen LogP contribution < -0.4 is 10.6 Å². The summed E-state index contributed by atoms with van der Waals surface area (Å²) in [6, 6.07) is -1.01. The molecule has 0 radical (unpaired) electrons. The third kappa shape index (κ3) is 6.06. The zero-order valence-electron chi connectivity index (χ0n) is 7.41. The molecule has 0 aromatic heterocycles. The van der Waals surface area contributed by atoms with E-state index in [1.807, 2.05) is 0 Å². The summed E-state index contributed by atoms with van der Waals surface area (Å²) in [5.74, 6) is -2.26. The van der Waals surface area contributed by atoms with Gasteiger partial charge in [0.15, 0.2) is 0 Å². The Morgan fingerprint density at radius 1 is 1.31 bits per heavy atom. The molecule has 0 aliphatic carbocycles. The van der Waals surface area contributed by atoms with E-state index in [0.29, 0.717) is 13.1 Å². The summed E-state index contributed by atoms with van der Waals surface area (Å²) in [6.45, 7) is 1.03. The van der Waals surface area contributed by atoms with Gasteiger partial charge < -0.3 is 20.8 Å². The van der Waals surface area contributed by atoms with Crippen LogP contribution in [0.4, 0.5) is 0 Å². The minimum Gasteiger partial charge on any atom is -0.481 e. The third-order valence-corrected chi connectivity index (χ3v) is 1.44. The van der Waals surface area contributed by atoms with Crippen molar-refractivity contribution in [3.63, 3.8) is 0 Å². The summed E-state index contributed by atoms with van der Waals surface area (Å²) in [4.78, 5) is 20.7. The minimum absolute atomic E-state index is 0.404. The molecule has 76 valence electrons. The predicted octanol–water partition coefficient (Wildman–Crippen LogP) is -1.28. The van der Waals surface area contributed by atoms with Gasteiger partial charge in [0.2, 0.25) is 0 Å². The van der Waals surface area contributed by atoms with E-state index in [1.54, 1.807) is 7.05 Å². The molecule has 6 heteroatoms. The first kappa shape index (κ1) is 11.9. The second kappa shape index (κ2) is 6.38. The average Bonchev–Trinajstić information content (AvgIpc) is 2.02. The molecule has 4 N–H and O–H groups in total. The van der Waals surface area contributed by atoms with Crippen molar-refractivity contribution in [3.8, 4) is 0 Å². The summed E-state index contributed by atoms with van der Waals surface area (Å²) in [5.41, 5.74) is 0. The lowest BCUT2D eigenvalue weighted by Crippen LogP contribution is -2.41. The number of hydrogen-bond acceptors (Lipinski definition) is 4. The van der Waals surface area contributed by atoms with Gasteiger partial charge in [0.25, 0.3) is 0 Å². The van der Waals surface area contributed by atoms with Crippen molar-refractivity contribution in [1.29, 1.82) is 0 Å². The number of carboxylic acid groups (broad SMARTS) is 2. The number of carbonyl (C=O) groups is 2. The largest absolute Gasteiger partial charge is 0.481 e. The van der Waals surface area contributed by atoms with Gasteiger partial charge in [-0.2, -0.15) is 0 Å². The number of aliphatic carboxylic acids is 2. The highest BCUT2D eigenvalue weighted by molar-refractivity contribution is 5.80. The summed E-state index contributed by atoms with van der Waals surface area (Å²) < 4.78 is 0. The Morgan fingerprint density at radius 3 is 2.31 bits per heavy atom. The maximum atomic E-state index is 10.5. The summed E-state index contributed by atoms with van der Waals surface area (Å²) in [5, 5.41) is 22.4. The molecular formula is C7H14N2O4. The monoisotopic (exact) mass is 190 g/mol. The highest BCUT2D eigenvalue weighted by Gasteiger charge is 2.19. The number of nitrogens with one attached hydrogen (secondary N) is 2. The number of rotatable bonds is 7. The molecule has 0 spiro atoms. The molecule has 6 nitrogen and oxygen atoms in total. The van der Waals surface area contributed by atoms with E-state index in [0.717, 1.165) is 0 Å². The SMILES string of the molecule is CNCCNC(CC(=O)O)C(=O)O. The molecule has 13 heavy (non-hydrogen) atoms. The average molecular weight is 190 g/mol. The Balaban J connectivity index is 3.81. The van der Waals surface area contributed by atoms with E-state index in [4.69, 9.17) is 10.2 Å². The predicted molar refractivity (Wildman–Crippen MR) is 45.6 cm³/mol.